The van der Waals surface area contributed by atoms with E-state index in [9.17, 15) is 4.79 Å². The molecule has 1 rings (SSSR count). The van der Waals surface area contributed by atoms with Crippen molar-refractivity contribution < 1.29 is 4.79 Å². The van der Waals surface area contributed by atoms with Crippen LogP contribution in [-0.2, 0) is 4.79 Å². The quantitative estimate of drug-likeness (QED) is 0.848. The minimum atomic E-state index is -0.396. The topological polar surface area (TPSA) is 70.2 Å². The summed E-state index contributed by atoms with van der Waals surface area (Å²) in [5, 5.41) is 6.18. The van der Waals surface area contributed by atoms with E-state index in [1.54, 1.807) is 25.9 Å². The number of likely N-dealkylation sites (N-methyl/N-ethyl adjacent to an activating group) is 1. The number of carbonyl (C=O) groups is 1. The molecular weight excluding hydrogens is 254 g/mol. The summed E-state index contributed by atoms with van der Waals surface area (Å²) >= 11 is 5.98. The Hall–Kier alpha value is -1.56. The highest BCUT2D eigenvalue weighted by atomic mass is 35.5. The molecule has 18 heavy (non-hydrogen) atoms. The Labute approximate surface area is 112 Å². The molecule has 0 aliphatic heterocycles. The average molecular weight is 272 g/mol. The zero-order valence-corrected chi connectivity index (χ0v) is 11.7. The Morgan fingerprint density at radius 1 is 1.61 bits per heavy atom. The van der Waals surface area contributed by atoms with Gasteiger partial charge in [0.2, 0.25) is 11.9 Å². The number of hydrogen-bond acceptors (Lipinski definition) is 5. The molecule has 0 radical (unpaired) electrons. The van der Waals surface area contributed by atoms with Crippen molar-refractivity contribution in [1.82, 2.24) is 14.9 Å². The molecule has 0 aromatic carbocycles. The van der Waals surface area contributed by atoms with Crippen molar-refractivity contribution in [3.8, 4) is 0 Å². The van der Waals surface area contributed by atoms with Crippen LogP contribution >= 0.6 is 11.6 Å². The summed E-state index contributed by atoms with van der Waals surface area (Å²) in [4.78, 5) is 21.7. The highest BCUT2D eigenvalue weighted by Gasteiger charge is 2.18. The molecule has 0 saturated carbocycles. The third kappa shape index (κ3) is 3.46. The second kappa shape index (κ2) is 6.39. The fourth-order valence-electron chi connectivity index (χ4n) is 1.34. The number of carbonyl (C=O) groups excluding carboxylic acids is 1. The van der Waals surface area contributed by atoms with E-state index in [4.69, 9.17) is 11.6 Å². The molecule has 2 N–H and O–H groups in total. The molecule has 0 bridgehead atoms. The number of halogens is 1. The van der Waals surface area contributed by atoms with Crippen molar-refractivity contribution >= 4 is 29.3 Å². The number of rotatable bonds is 5. The van der Waals surface area contributed by atoms with Crippen LogP contribution in [0.3, 0.4) is 0 Å². The smallest absolute Gasteiger partial charge is 0.244 e. The number of hydrogen-bond donors (Lipinski definition) is 2. The minimum absolute atomic E-state index is 0.0156. The van der Waals surface area contributed by atoms with Crippen LogP contribution in [0.15, 0.2) is 6.20 Å². The van der Waals surface area contributed by atoms with E-state index in [0.717, 1.165) is 0 Å². The van der Waals surface area contributed by atoms with Gasteiger partial charge in [-0.1, -0.05) is 11.6 Å². The van der Waals surface area contributed by atoms with Gasteiger partial charge < -0.3 is 15.5 Å². The number of aromatic nitrogens is 2. The number of anilines is 2. The van der Waals surface area contributed by atoms with Gasteiger partial charge in [0.15, 0.2) is 5.82 Å². The van der Waals surface area contributed by atoms with Gasteiger partial charge in [-0.3, -0.25) is 4.79 Å². The van der Waals surface area contributed by atoms with Crippen molar-refractivity contribution in [2.75, 3.05) is 31.3 Å². The van der Waals surface area contributed by atoms with Gasteiger partial charge in [-0.05, 0) is 13.8 Å². The van der Waals surface area contributed by atoms with Gasteiger partial charge in [0, 0.05) is 20.6 Å². The molecule has 1 heterocycles. The standard InChI is InChI=1S/C11H18ClN5O/c1-5-17(4)10(18)7(2)15-9-8(12)6-14-11(13-3)16-9/h6-7H,5H2,1-4H3,(H2,13,14,15,16). The third-order valence-corrected chi connectivity index (χ3v) is 2.82. The molecule has 0 aliphatic carbocycles. The van der Waals surface area contributed by atoms with Gasteiger partial charge in [-0.2, -0.15) is 4.98 Å². The largest absolute Gasteiger partial charge is 0.357 e. The van der Waals surface area contributed by atoms with Crippen LogP contribution in [0.2, 0.25) is 5.02 Å². The van der Waals surface area contributed by atoms with Crippen LogP contribution in [-0.4, -0.2) is 47.5 Å². The van der Waals surface area contributed by atoms with Gasteiger partial charge in [0.1, 0.15) is 11.1 Å². The maximum Gasteiger partial charge on any atom is 0.244 e. The molecule has 1 atom stereocenters. The van der Waals surface area contributed by atoms with Gasteiger partial charge >= 0.3 is 0 Å². The normalized spacial score (nSPS) is 11.8. The molecule has 0 fully saturated rings. The van der Waals surface area contributed by atoms with Crippen molar-refractivity contribution in [2.45, 2.75) is 19.9 Å². The zero-order chi connectivity index (χ0) is 13.7. The van der Waals surface area contributed by atoms with Crippen LogP contribution < -0.4 is 10.6 Å². The Morgan fingerprint density at radius 3 is 2.83 bits per heavy atom. The van der Waals surface area contributed by atoms with Crippen molar-refractivity contribution in [3.63, 3.8) is 0 Å². The Balaban J connectivity index is 2.80. The van der Waals surface area contributed by atoms with E-state index in [-0.39, 0.29) is 5.91 Å². The number of nitrogens with one attached hydrogen (secondary N) is 2. The average Bonchev–Trinajstić information content (AvgIpc) is 2.39. The molecule has 100 valence electrons. The number of nitrogens with zero attached hydrogens (tertiary/aromatic N) is 3. The Bertz CT molecular complexity index is 426. The fraction of sp³-hybridized carbons (Fsp3) is 0.545. The molecular formula is C11H18ClN5O. The van der Waals surface area contributed by atoms with E-state index in [1.807, 2.05) is 6.92 Å². The van der Waals surface area contributed by atoms with Gasteiger partial charge in [0.25, 0.3) is 0 Å². The lowest BCUT2D eigenvalue weighted by Crippen LogP contribution is -2.39. The second-order valence-electron chi connectivity index (χ2n) is 3.86. The molecule has 1 amide bonds. The summed E-state index contributed by atoms with van der Waals surface area (Å²) in [5.41, 5.74) is 0. The minimum Gasteiger partial charge on any atom is -0.357 e. The third-order valence-electron chi connectivity index (χ3n) is 2.54. The van der Waals surface area contributed by atoms with Gasteiger partial charge in [0.05, 0.1) is 6.20 Å². The predicted molar refractivity (Wildman–Crippen MR) is 73.0 cm³/mol. The maximum absolute atomic E-state index is 11.9. The molecule has 0 aliphatic rings. The first-order valence-corrected chi connectivity index (χ1v) is 6.09. The van der Waals surface area contributed by atoms with Crippen LogP contribution in [0, 0.1) is 0 Å². The molecule has 7 heteroatoms. The van der Waals surface area contributed by atoms with E-state index >= 15 is 0 Å². The lowest BCUT2D eigenvalue weighted by molar-refractivity contribution is -0.130. The van der Waals surface area contributed by atoms with Gasteiger partial charge in [-0.15, -0.1) is 0 Å². The van der Waals surface area contributed by atoms with E-state index < -0.39 is 6.04 Å². The fourth-order valence-corrected chi connectivity index (χ4v) is 1.49. The summed E-state index contributed by atoms with van der Waals surface area (Å²) in [6.07, 6.45) is 1.49. The highest BCUT2D eigenvalue weighted by molar-refractivity contribution is 6.32. The van der Waals surface area contributed by atoms with E-state index in [0.29, 0.717) is 23.3 Å². The Morgan fingerprint density at radius 2 is 2.28 bits per heavy atom. The highest BCUT2D eigenvalue weighted by Crippen LogP contribution is 2.20. The SMILES string of the molecule is CCN(C)C(=O)C(C)Nc1nc(NC)ncc1Cl. The second-order valence-corrected chi connectivity index (χ2v) is 4.27. The Kier molecular flexibility index (Phi) is 5.15. The van der Waals surface area contributed by atoms with Crippen LogP contribution in [0.5, 0.6) is 0 Å². The summed E-state index contributed by atoms with van der Waals surface area (Å²) in [6.45, 7) is 4.34. The predicted octanol–water partition coefficient (Wildman–Crippen LogP) is 1.45. The monoisotopic (exact) mass is 271 g/mol. The lowest BCUT2D eigenvalue weighted by atomic mass is 10.3. The van der Waals surface area contributed by atoms with Crippen molar-refractivity contribution in [2.24, 2.45) is 0 Å². The van der Waals surface area contributed by atoms with Gasteiger partial charge in [-0.25, -0.2) is 4.98 Å². The summed E-state index contributed by atoms with van der Waals surface area (Å²) in [6, 6.07) is -0.396. The molecule has 0 saturated heterocycles. The van der Waals surface area contributed by atoms with Crippen LogP contribution in [0.4, 0.5) is 11.8 Å². The zero-order valence-electron chi connectivity index (χ0n) is 11.0. The van der Waals surface area contributed by atoms with E-state index in [1.165, 1.54) is 6.20 Å². The summed E-state index contributed by atoms with van der Waals surface area (Å²) in [5.74, 6) is 0.880. The molecule has 1 aromatic heterocycles. The van der Waals surface area contributed by atoms with Crippen molar-refractivity contribution in [1.29, 1.82) is 0 Å². The summed E-state index contributed by atoms with van der Waals surface area (Å²) in [7, 11) is 3.47. The first-order valence-electron chi connectivity index (χ1n) is 5.71. The molecule has 1 aromatic rings. The first kappa shape index (κ1) is 14.5. The first-order chi connectivity index (χ1) is 8.49. The molecule has 1 unspecified atom stereocenters. The summed E-state index contributed by atoms with van der Waals surface area (Å²) < 4.78 is 0. The molecule has 0 spiro atoms. The van der Waals surface area contributed by atoms with Crippen LogP contribution in [0.25, 0.3) is 0 Å². The van der Waals surface area contributed by atoms with Crippen molar-refractivity contribution in [3.05, 3.63) is 11.2 Å². The number of amides is 1. The lowest BCUT2D eigenvalue weighted by Gasteiger charge is -2.21. The van der Waals surface area contributed by atoms with Crippen LogP contribution in [0.1, 0.15) is 13.8 Å². The molecule has 6 nitrogen and oxygen atoms in total. The van der Waals surface area contributed by atoms with E-state index in [2.05, 4.69) is 20.6 Å². The maximum atomic E-state index is 11.9.